The Morgan fingerprint density at radius 2 is 1.46 bits per heavy atom. The van der Waals surface area contributed by atoms with Crippen LogP contribution >= 0.6 is 0 Å². The summed E-state index contributed by atoms with van der Waals surface area (Å²) in [7, 11) is 1.36. The van der Waals surface area contributed by atoms with Gasteiger partial charge in [0.2, 0.25) is 5.91 Å². The third kappa shape index (κ3) is 7.44. The number of anilines is 2. The van der Waals surface area contributed by atoms with Crippen LogP contribution in [0.2, 0.25) is 0 Å². The molecule has 3 aromatic rings. The van der Waals surface area contributed by atoms with Gasteiger partial charge in [-0.2, -0.15) is 26.3 Å². The Hall–Kier alpha value is -4.16. The zero-order valence-corrected chi connectivity index (χ0v) is 27.7. The van der Waals surface area contributed by atoms with Crippen molar-refractivity contribution in [1.29, 1.82) is 0 Å². The molecule has 4 rings (SSSR count). The number of halogens is 7. The first-order valence-electron chi connectivity index (χ1n) is 15.3. The molecule has 0 saturated carbocycles. The lowest BCUT2D eigenvalue weighted by atomic mass is 9.72. The molecule has 1 saturated heterocycles. The molecule has 13 heteroatoms. The Balaban J connectivity index is 1.83. The van der Waals surface area contributed by atoms with Crippen LogP contribution in [0.1, 0.15) is 68.4 Å². The minimum absolute atomic E-state index is 0.0143. The van der Waals surface area contributed by atoms with E-state index >= 15 is 0 Å². The molecule has 48 heavy (non-hydrogen) atoms. The van der Waals surface area contributed by atoms with Crippen molar-refractivity contribution in [3.63, 3.8) is 0 Å². The van der Waals surface area contributed by atoms with Gasteiger partial charge in [0.15, 0.2) is 0 Å². The molecule has 260 valence electrons. The maximum atomic E-state index is 14.4. The Morgan fingerprint density at radius 3 is 1.94 bits per heavy atom. The number of carbonyl (C=O) groups excluding carboxylic acids is 1. The summed E-state index contributed by atoms with van der Waals surface area (Å²) in [5.41, 5.74) is -3.52. The topological polar surface area (TPSA) is 73.7 Å². The Morgan fingerprint density at radius 1 is 0.938 bits per heavy atom. The molecule has 6 nitrogen and oxygen atoms in total. The predicted molar refractivity (Wildman–Crippen MR) is 168 cm³/mol. The molecule has 2 heterocycles. The molecule has 1 aliphatic heterocycles. The van der Waals surface area contributed by atoms with Crippen molar-refractivity contribution in [3.05, 3.63) is 76.2 Å². The smallest absolute Gasteiger partial charge is 0.416 e. The number of aromatic nitrogens is 1. The average Bonchev–Trinajstić information content (AvgIpc) is 2.95. The number of hydrogen-bond acceptors (Lipinski definition) is 4. The van der Waals surface area contributed by atoms with Gasteiger partial charge in [0.25, 0.3) is 0 Å². The molecule has 0 radical (unpaired) electrons. The fourth-order valence-electron chi connectivity index (χ4n) is 6.57. The summed E-state index contributed by atoms with van der Waals surface area (Å²) in [6, 6.07) is 5.47. The van der Waals surface area contributed by atoms with Crippen molar-refractivity contribution in [3.8, 4) is 11.1 Å². The third-order valence-electron chi connectivity index (χ3n) is 9.34. The number of aliphatic carboxylic acids is 1. The second-order valence-electron chi connectivity index (χ2n) is 13.8. The molecule has 0 bridgehead atoms. The van der Waals surface area contributed by atoms with Gasteiger partial charge in [0, 0.05) is 32.1 Å². The first kappa shape index (κ1) is 36.7. The summed E-state index contributed by atoms with van der Waals surface area (Å²) in [5, 5.41) is 9.39. The summed E-state index contributed by atoms with van der Waals surface area (Å²) >= 11 is 0. The van der Waals surface area contributed by atoms with Crippen molar-refractivity contribution >= 4 is 23.4 Å². The molecule has 0 spiro atoms. The van der Waals surface area contributed by atoms with Crippen molar-refractivity contribution in [2.75, 3.05) is 29.9 Å². The zero-order valence-electron chi connectivity index (χ0n) is 27.7. The van der Waals surface area contributed by atoms with Gasteiger partial charge in [-0.05, 0) is 104 Å². The number of pyridine rings is 1. The number of alkyl halides is 6. The highest BCUT2D eigenvalue weighted by Gasteiger charge is 2.42. The van der Waals surface area contributed by atoms with E-state index in [1.54, 1.807) is 19.9 Å². The number of piperidine rings is 1. The largest absolute Gasteiger partial charge is 0.481 e. The van der Waals surface area contributed by atoms with Gasteiger partial charge in [-0.3, -0.25) is 9.59 Å². The minimum Gasteiger partial charge on any atom is -0.481 e. The second-order valence-corrected chi connectivity index (χ2v) is 13.8. The van der Waals surface area contributed by atoms with E-state index in [9.17, 15) is 45.4 Å². The maximum absolute atomic E-state index is 14.4. The second kappa shape index (κ2) is 12.7. The molecule has 1 aromatic heterocycles. The highest BCUT2D eigenvalue weighted by molar-refractivity contribution is 6.03. The standard InChI is InChI=1S/C35H38F7N3O3/c1-19-10-25(36)11-20(2)30(19)26-16-28(45-9-8-21(15-29(46)47)32(3,4)18-45)43-17-27(26)44(7)31(48)33(5,6)22-12-23(34(37,38)39)14-24(13-22)35(40,41)42/h10-14,16-17,21H,8-9,15,18H2,1-7H3,(H,46,47). The SMILES string of the molecule is Cc1cc(F)cc(C)c1-c1cc(N2CCC(CC(=O)O)C(C)(C)C2)ncc1N(C)C(=O)C(C)(C)c1cc(C(F)(F)F)cc(C(F)(F)F)c1. The molecular weight excluding hydrogens is 643 g/mol. The van der Waals surface area contributed by atoms with Gasteiger partial charge in [-0.25, -0.2) is 9.37 Å². The van der Waals surface area contributed by atoms with Gasteiger partial charge < -0.3 is 14.9 Å². The number of rotatable bonds is 7. The summed E-state index contributed by atoms with van der Waals surface area (Å²) in [6.07, 6.45) is -8.18. The number of likely N-dealkylation sites (N-methyl/N-ethyl adjacent to an activating group) is 1. The highest BCUT2D eigenvalue weighted by Crippen LogP contribution is 2.43. The number of carboxylic acids is 1. The van der Waals surface area contributed by atoms with Crippen LogP contribution in [0, 0.1) is 31.0 Å². The molecule has 0 aliphatic carbocycles. The van der Waals surface area contributed by atoms with Crippen LogP contribution < -0.4 is 9.80 Å². The lowest BCUT2D eigenvalue weighted by molar-refractivity contribution is -0.143. The van der Waals surface area contributed by atoms with E-state index in [1.165, 1.54) is 39.2 Å². The Labute approximate surface area is 274 Å². The first-order valence-corrected chi connectivity index (χ1v) is 15.3. The summed E-state index contributed by atoms with van der Waals surface area (Å²) in [4.78, 5) is 33.3. The van der Waals surface area contributed by atoms with Gasteiger partial charge in [0.1, 0.15) is 11.6 Å². The van der Waals surface area contributed by atoms with Crippen LogP contribution in [0.25, 0.3) is 11.1 Å². The van der Waals surface area contributed by atoms with E-state index in [4.69, 9.17) is 0 Å². The van der Waals surface area contributed by atoms with Crippen LogP contribution in [0.15, 0.2) is 42.6 Å². The van der Waals surface area contributed by atoms with Crippen molar-refractivity contribution in [2.45, 2.75) is 72.2 Å². The first-order chi connectivity index (χ1) is 21.9. The number of benzene rings is 2. The van der Waals surface area contributed by atoms with E-state index in [1.807, 2.05) is 18.7 Å². The monoisotopic (exact) mass is 681 g/mol. The summed E-state index contributed by atoms with van der Waals surface area (Å²) < 4.78 is 96.5. The number of carbonyl (C=O) groups is 2. The summed E-state index contributed by atoms with van der Waals surface area (Å²) in [5.74, 6) is -1.75. The molecule has 2 aromatic carbocycles. The Kier molecular flexibility index (Phi) is 9.70. The van der Waals surface area contributed by atoms with Gasteiger partial charge >= 0.3 is 18.3 Å². The van der Waals surface area contributed by atoms with Gasteiger partial charge in [0.05, 0.1) is 28.4 Å². The average molecular weight is 682 g/mol. The number of amides is 1. The van der Waals surface area contributed by atoms with Crippen LogP contribution in [-0.2, 0) is 27.4 Å². The fraction of sp³-hybridized carbons (Fsp3) is 0.457. The lowest BCUT2D eigenvalue weighted by Gasteiger charge is -2.44. The van der Waals surface area contributed by atoms with Crippen LogP contribution in [0.4, 0.5) is 42.2 Å². The molecule has 1 unspecified atom stereocenters. The van der Waals surface area contributed by atoms with Crippen LogP contribution in [0.5, 0.6) is 0 Å². The van der Waals surface area contributed by atoms with Crippen molar-refractivity contribution in [1.82, 2.24) is 4.98 Å². The highest BCUT2D eigenvalue weighted by atomic mass is 19.4. The van der Waals surface area contributed by atoms with Crippen molar-refractivity contribution in [2.24, 2.45) is 11.3 Å². The minimum atomic E-state index is -5.09. The molecule has 1 amide bonds. The van der Waals surface area contributed by atoms with E-state index < -0.39 is 57.6 Å². The fourth-order valence-corrected chi connectivity index (χ4v) is 6.57. The number of nitrogens with zero attached hydrogens (tertiary/aromatic N) is 3. The van der Waals surface area contributed by atoms with E-state index in [2.05, 4.69) is 4.98 Å². The van der Waals surface area contributed by atoms with Gasteiger partial charge in [-0.15, -0.1) is 0 Å². The third-order valence-corrected chi connectivity index (χ3v) is 9.34. The normalized spacial score (nSPS) is 17.0. The lowest BCUT2D eigenvalue weighted by Crippen LogP contribution is -2.46. The molecule has 1 atom stereocenters. The molecule has 1 fully saturated rings. The van der Waals surface area contributed by atoms with Crippen LogP contribution in [-0.4, -0.2) is 42.1 Å². The predicted octanol–water partition coefficient (Wildman–Crippen LogP) is 8.81. The van der Waals surface area contributed by atoms with Gasteiger partial charge in [-0.1, -0.05) is 13.8 Å². The summed E-state index contributed by atoms with van der Waals surface area (Å²) in [6.45, 7) is 10.8. The van der Waals surface area contributed by atoms with E-state index in [0.717, 1.165) is 4.90 Å². The van der Waals surface area contributed by atoms with E-state index in [-0.39, 0.29) is 24.1 Å². The number of aryl methyl sites for hydroxylation is 2. The molecular formula is C35H38F7N3O3. The molecule has 1 N–H and O–H groups in total. The van der Waals surface area contributed by atoms with E-state index in [0.29, 0.717) is 59.7 Å². The van der Waals surface area contributed by atoms with Crippen LogP contribution in [0.3, 0.4) is 0 Å². The zero-order chi connectivity index (χ0) is 36.1. The maximum Gasteiger partial charge on any atom is 0.416 e. The number of carboxylic acid groups (broad SMARTS) is 1. The quantitative estimate of drug-likeness (QED) is 0.253. The molecule has 1 aliphatic rings. The van der Waals surface area contributed by atoms with Crippen molar-refractivity contribution < 1.29 is 45.4 Å². The number of hydrogen-bond donors (Lipinski definition) is 1. The Bertz CT molecular complexity index is 1680.